The molecule has 0 radical (unpaired) electrons. The first-order valence-electron chi connectivity index (χ1n) is 9.80. The summed E-state index contributed by atoms with van der Waals surface area (Å²) in [7, 11) is -10.2. The van der Waals surface area contributed by atoms with Crippen molar-refractivity contribution in [3.63, 3.8) is 0 Å². The smallest absolute Gasteiger partial charge is 0.405 e. The topological polar surface area (TPSA) is 150 Å². The van der Waals surface area contributed by atoms with E-state index in [1.807, 2.05) is 73.8 Å². The molecule has 0 spiro atoms. The van der Waals surface area contributed by atoms with Gasteiger partial charge in [-0.3, -0.25) is 13.5 Å². The van der Waals surface area contributed by atoms with Crippen LogP contribution in [0.3, 0.4) is 0 Å². The number of ether oxygens (including phenoxy) is 2. The SMILES string of the molecule is CC(OC(=O)C1C2CC3C(OS(=O)(=O)C31)C2OC(=O)c1cc(I)cc(I)c1I)C(F)(F)S(=O)(=O)O. The van der Waals surface area contributed by atoms with Gasteiger partial charge in [-0.2, -0.15) is 25.6 Å². The molecule has 3 fully saturated rings. The Morgan fingerprint density at radius 1 is 1.23 bits per heavy atom. The van der Waals surface area contributed by atoms with Crippen molar-refractivity contribution in [1.82, 2.24) is 0 Å². The molecule has 3 aliphatic rings. The fraction of sp³-hybridized carbons (Fsp3) is 0.556. The van der Waals surface area contributed by atoms with Gasteiger partial charge in [-0.25, -0.2) is 4.79 Å². The fourth-order valence-electron chi connectivity index (χ4n) is 4.88. The highest BCUT2D eigenvalue weighted by Gasteiger charge is 2.72. The van der Waals surface area contributed by atoms with Crippen LogP contribution in [-0.2, 0) is 38.7 Å². The summed E-state index contributed by atoms with van der Waals surface area (Å²) < 4.78 is 101. The summed E-state index contributed by atoms with van der Waals surface area (Å²) in [4.78, 5) is 25.8. The van der Waals surface area contributed by atoms with E-state index in [2.05, 4.69) is 4.74 Å². The van der Waals surface area contributed by atoms with Crippen molar-refractivity contribution in [1.29, 1.82) is 0 Å². The van der Waals surface area contributed by atoms with Crippen LogP contribution in [-0.4, -0.2) is 62.1 Å². The average Bonchev–Trinajstić information content (AvgIpc) is 3.32. The summed E-state index contributed by atoms with van der Waals surface area (Å²) in [6.07, 6.45) is -4.74. The number of carbonyl (C=O) groups is 2. The number of alkyl halides is 2. The first kappa shape index (κ1) is 28.0. The van der Waals surface area contributed by atoms with Crippen molar-refractivity contribution in [3.8, 4) is 0 Å². The lowest BCUT2D eigenvalue weighted by Gasteiger charge is -2.31. The van der Waals surface area contributed by atoms with Crippen molar-refractivity contribution in [2.24, 2.45) is 17.8 Å². The van der Waals surface area contributed by atoms with E-state index in [0.717, 1.165) is 7.14 Å². The number of fused-ring (bicyclic) bond motifs is 1. The van der Waals surface area contributed by atoms with E-state index in [1.165, 1.54) is 0 Å². The van der Waals surface area contributed by atoms with Gasteiger partial charge >= 0.3 is 27.3 Å². The normalized spacial score (nSPS) is 31.9. The van der Waals surface area contributed by atoms with Gasteiger partial charge in [0.1, 0.15) is 17.5 Å². The van der Waals surface area contributed by atoms with Crippen LogP contribution in [0.25, 0.3) is 0 Å². The van der Waals surface area contributed by atoms with Crippen LogP contribution in [0.2, 0.25) is 0 Å². The van der Waals surface area contributed by atoms with E-state index in [-0.39, 0.29) is 12.0 Å². The number of rotatable bonds is 6. The molecular weight excluding hydrogens is 859 g/mol. The number of carbonyl (C=O) groups excluding carboxylic acids is 2. The van der Waals surface area contributed by atoms with E-state index in [0.29, 0.717) is 10.5 Å². The molecule has 0 amide bonds. The van der Waals surface area contributed by atoms with E-state index >= 15 is 0 Å². The standard InChI is InChI=1S/C18H15F2I3O10S2/c1-5(18(19,20)35(28,29)30)31-17(25)11-7-4-9-14(33-34(26,27)15(9)11)13(7)32-16(24)8-2-6(21)3-10(22)12(8)23/h2-3,5,7,9,11,13-15H,4H2,1H3,(H,28,29,30). The summed E-state index contributed by atoms with van der Waals surface area (Å²) in [5.74, 6) is -5.38. The third-order valence-electron chi connectivity index (χ3n) is 6.37. The van der Waals surface area contributed by atoms with Gasteiger partial charge in [-0.1, -0.05) is 0 Å². The van der Waals surface area contributed by atoms with E-state index < -0.39 is 78.7 Å². The van der Waals surface area contributed by atoms with Gasteiger partial charge in [-0.15, -0.1) is 0 Å². The second kappa shape index (κ2) is 9.35. The Bertz CT molecular complexity index is 1320. The Labute approximate surface area is 239 Å². The van der Waals surface area contributed by atoms with Crippen molar-refractivity contribution in [2.75, 3.05) is 0 Å². The zero-order chi connectivity index (χ0) is 26.2. The van der Waals surface area contributed by atoms with Gasteiger partial charge in [0.25, 0.3) is 10.1 Å². The van der Waals surface area contributed by atoms with Gasteiger partial charge in [0, 0.05) is 22.5 Å². The molecule has 1 aromatic carbocycles. The van der Waals surface area contributed by atoms with Gasteiger partial charge in [-0.05, 0) is 93.2 Å². The molecule has 2 aliphatic carbocycles. The predicted octanol–water partition coefficient (Wildman–Crippen LogP) is 2.80. The summed E-state index contributed by atoms with van der Waals surface area (Å²) in [5.41, 5.74) is 0.225. The number of benzene rings is 1. The molecule has 7 atom stereocenters. The monoisotopic (exact) mass is 874 g/mol. The van der Waals surface area contributed by atoms with Crippen LogP contribution in [0.5, 0.6) is 0 Å². The molecule has 35 heavy (non-hydrogen) atoms. The van der Waals surface area contributed by atoms with E-state index in [9.17, 15) is 35.2 Å². The minimum Gasteiger partial charge on any atom is -0.456 e. The van der Waals surface area contributed by atoms with Gasteiger partial charge in [0.05, 0.1) is 11.5 Å². The second-order valence-electron chi connectivity index (χ2n) is 8.34. The highest BCUT2D eigenvalue weighted by Crippen LogP contribution is 2.59. The highest BCUT2D eigenvalue weighted by atomic mass is 127. The maximum absolute atomic E-state index is 13.9. The molecule has 1 aromatic rings. The molecule has 2 bridgehead atoms. The molecule has 1 N–H and O–H groups in total. The van der Waals surface area contributed by atoms with Gasteiger partial charge < -0.3 is 9.47 Å². The van der Waals surface area contributed by atoms with Gasteiger partial charge in [0.15, 0.2) is 6.10 Å². The van der Waals surface area contributed by atoms with Crippen LogP contribution >= 0.6 is 67.8 Å². The maximum atomic E-state index is 13.9. The lowest BCUT2D eigenvalue weighted by molar-refractivity contribution is -0.168. The van der Waals surface area contributed by atoms with Crippen molar-refractivity contribution in [3.05, 3.63) is 28.4 Å². The molecule has 194 valence electrons. The summed E-state index contributed by atoms with van der Waals surface area (Å²) >= 11 is 6.02. The molecule has 7 unspecified atom stereocenters. The molecule has 0 aromatic heterocycles. The molecular formula is C18H15F2I3O10S2. The Kier molecular flexibility index (Phi) is 7.49. The first-order valence-corrected chi connectivity index (χ1v) is 15.9. The third kappa shape index (κ3) is 4.72. The number of halogens is 5. The summed E-state index contributed by atoms with van der Waals surface area (Å²) in [5, 5.41) is -6.23. The third-order valence-corrected chi connectivity index (χ3v) is 12.9. The first-order chi connectivity index (χ1) is 16.0. The molecule has 2 saturated carbocycles. The quantitative estimate of drug-likeness (QED) is 0.149. The summed E-state index contributed by atoms with van der Waals surface area (Å²) in [6.45, 7) is 0.555. The van der Waals surface area contributed by atoms with Crippen LogP contribution < -0.4 is 0 Å². The number of esters is 2. The Morgan fingerprint density at radius 3 is 2.46 bits per heavy atom. The number of hydrogen-bond donors (Lipinski definition) is 1. The van der Waals surface area contributed by atoms with Crippen LogP contribution in [0, 0.1) is 28.5 Å². The van der Waals surface area contributed by atoms with Crippen molar-refractivity contribution < 1.29 is 53.4 Å². The fourth-order valence-corrected chi connectivity index (χ4v) is 9.78. The molecule has 4 rings (SSSR count). The average molecular weight is 874 g/mol. The van der Waals surface area contributed by atoms with Crippen LogP contribution in [0.4, 0.5) is 8.78 Å². The predicted molar refractivity (Wildman–Crippen MR) is 139 cm³/mol. The van der Waals surface area contributed by atoms with E-state index in [1.54, 1.807) is 6.07 Å². The van der Waals surface area contributed by atoms with Crippen molar-refractivity contribution in [2.45, 2.75) is 42.2 Å². The molecule has 1 aliphatic heterocycles. The lowest BCUT2D eigenvalue weighted by atomic mass is 9.84. The largest absolute Gasteiger partial charge is 0.456 e. The molecule has 1 heterocycles. The molecule has 17 heteroatoms. The Hall–Kier alpha value is 0.0300. The zero-order valence-electron chi connectivity index (χ0n) is 17.2. The molecule has 10 nitrogen and oxygen atoms in total. The maximum Gasteiger partial charge on any atom is 0.405 e. The molecule has 1 saturated heterocycles. The second-order valence-corrected chi connectivity index (χ2v) is 15.0. The van der Waals surface area contributed by atoms with Crippen LogP contribution in [0.15, 0.2) is 12.1 Å². The van der Waals surface area contributed by atoms with Crippen LogP contribution in [0.1, 0.15) is 23.7 Å². The van der Waals surface area contributed by atoms with E-state index in [4.69, 9.17) is 13.5 Å². The minimum atomic E-state index is -5.91. The highest BCUT2D eigenvalue weighted by molar-refractivity contribution is 14.1. The van der Waals surface area contributed by atoms with Gasteiger partial charge in [0.2, 0.25) is 0 Å². The van der Waals surface area contributed by atoms with Crippen molar-refractivity contribution >= 4 is 99.9 Å². The summed E-state index contributed by atoms with van der Waals surface area (Å²) in [6, 6.07) is 3.42. The Morgan fingerprint density at radius 2 is 1.86 bits per heavy atom. The lowest BCUT2D eigenvalue weighted by Crippen LogP contribution is -2.48. The Balaban J connectivity index is 1.62. The zero-order valence-corrected chi connectivity index (χ0v) is 25.3. The minimum absolute atomic E-state index is 0.0936. The number of hydrogen-bond acceptors (Lipinski definition) is 9.